The summed E-state index contributed by atoms with van der Waals surface area (Å²) in [6, 6.07) is 1.24. The predicted molar refractivity (Wildman–Crippen MR) is 129 cm³/mol. The van der Waals surface area contributed by atoms with E-state index in [0.29, 0.717) is 22.3 Å². The second kappa shape index (κ2) is 11.0. The normalized spacial score (nSPS) is 20.5. The first-order valence-corrected chi connectivity index (χ1v) is 10.7. The first-order chi connectivity index (χ1) is 18.2. The van der Waals surface area contributed by atoms with Gasteiger partial charge in [0.1, 0.15) is 30.2 Å². The minimum absolute atomic E-state index is 0.0783. The van der Waals surface area contributed by atoms with E-state index in [9.17, 15) is 24.6 Å². The third kappa shape index (κ3) is 5.39. The average Bonchev–Trinajstić information content (AvgIpc) is 3.59. The van der Waals surface area contributed by atoms with Crippen molar-refractivity contribution in [2.75, 3.05) is 18.1 Å². The van der Waals surface area contributed by atoms with E-state index in [2.05, 4.69) is 39.9 Å². The van der Waals surface area contributed by atoms with E-state index in [0.717, 1.165) is 0 Å². The van der Waals surface area contributed by atoms with E-state index >= 15 is 0 Å². The van der Waals surface area contributed by atoms with Gasteiger partial charge in [-0.25, -0.2) is 24.7 Å². The molecule has 19 heteroatoms. The lowest BCUT2D eigenvalue weighted by Gasteiger charge is -2.16. The molecule has 6 heterocycles. The van der Waals surface area contributed by atoms with Gasteiger partial charge < -0.3 is 41.5 Å². The first-order valence-electron chi connectivity index (χ1n) is 10.7. The number of hydrogen-bond acceptors (Lipinski definition) is 14. The Bertz CT molecular complexity index is 1680. The Morgan fingerprint density at radius 3 is 2.47 bits per heavy atom. The molecule has 0 unspecified atom stereocenters. The van der Waals surface area contributed by atoms with Gasteiger partial charge in [0.25, 0.3) is 11.1 Å². The van der Waals surface area contributed by atoms with Crippen LogP contribution in [0.15, 0.2) is 45.6 Å². The Balaban J connectivity index is 0.000000149. The quantitative estimate of drug-likeness (QED) is 0.106. The fourth-order valence-corrected chi connectivity index (χ4v) is 3.41. The second-order valence-electron chi connectivity index (χ2n) is 7.66. The molecule has 0 spiro atoms. The standard InChI is InChI=1S/C10H13N5O4.C5H5N5O.C4H4N2O2/c11-8-5-9(13-2-12-8)15(3-14-5)10-7(18)6(17)4(1-16)19-10;6-5-9-3-2(4(11)10-5)7-1-8-3;7-3-1-2-5-4(8)6-3/h2-4,6-7,10,16-18H,1H2,(H2,11,12,13);1H,(H4,6,7,8,9,10,11);1-2H,(H2,5,6,7,8)/t4-,6-,7-,10-;;/m1../s1. The molecule has 1 saturated heterocycles. The van der Waals surface area contributed by atoms with Crippen molar-refractivity contribution >= 4 is 34.1 Å². The minimum atomic E-state index is -1.19. The van der Waals surface area contributed by atoms with Crippen molar-refractivity contribution in [3.8, 4) is 0 Å². The molecule has 6 rings (SSSR count). The van der Waals surface area contributed by atoms with E-state index in [-0.39, 0.29) is 22.9 Å². The van der Waals surface area contributed by atoms with E-state index in [1.165, 1.54) is 35.8 Å². The van der Waals surface area contributed by atoms with E-state index in [1.54, 1.807) is 0 Å². The van der Waals surface area contributed by atoms with Gasteiger partial charge in [0.15, 0.2) is 28.9 Å². The fraction of sp³-hybridized carbons (Fsp3) is 0.263. The number of fused-ring (bicyclic) bond motifs is 2. The largest absolute Gasteiger partial charge is 0.394 e. The number of aliphatic hydroxyl groups is 3. The summed E-state index contributed by atoms with van der Waals surface area (Å²) >= 11 is 0. The highest BCUT2D eigenvalue weighted by Gasteiger charge is 2.43. The summed E-state index contributed by atoms with van der Waals surface area (Å²) in [6.07, 6.45) is 1.27. The molecule has 0 aromatic carbocycles. The molecule has 0 radical (unpaired) electrons. The van der Waals surface area contributed by atoms with Crippen LogP contribution < -0.4 is 28.3 Å². The van der Waals surface area contributed by atoms with Crippen LogP contribution in [-0.4, -0.2) is 89.7 Å². The van der Waals surface area contributed by atoms with Crippen molar-refractivity contribution in [3.05, 3.63) is 62.4 Å². The SMILES string of the molecule is Nc1nc2nc[nH]c2c(=O)[nH]1.Nc1ncnc2c1ncn2[C@@H]1O[C@H](CO)[C@@H](O)[C@H]1O.O=c1cc[nH]c(=O)[nH]1. The van der Waals surface area contributed by atoms with Gasteiger partial charge in [-0.2, -0.15) is 4.98 Å². The molecule has 0 bridgehead atoms. The Kier molecular flexibility index (Phi) is 7.53. The molecular weight excluding hydrogens is 508 g/mol. The Labute approximate surface area is 209 Å². The zero-order valence-corrected chi connectivity index (χ0v) is 19.2. The van der Waals surface area contributed by atoms with E-state index in [1.807, 2.05) is 4.98 Å². The monoisotopic (exact) mass is 530 g/mol. The van der Waals surface area contributed by atoms with Crippen molar-refractivity contribution in [2.45, 2.75) is 24.5 Å². The molecule has 5 aromatic heterocycles. The fourth-order valence-electron chi connectivity index (χ4n) is 3.41. The van der Waals surface area contributed by atoms with Crippen molar-refractivity contribution in [3.63, 3.8) is 0 Å². The number of ether oxygens (including phenoxy) is 1. The summed E-state index contributed by atoms with van der Waals surface area (Å²) in [4.78, 5) is 60.1. The maximum absolute atomic E-state index is 11.0. The van der Waals surface area contributed by atoms with Gasteiger partial charge in [0, 0.05) is 12.3 Å². The number of nitrogens with one attached hydrogen (secondary N) is 4. The van der Waals surface area contributed by atoms with Crippen LogP contribution in [0.3, 0.4) is 0 Å². The van der Waals surface area contributed by atoms with Crippen molar-refractivity contribution in [2.24, 2.45) is 0 Å². The van der Waals surface area contributed by atoms with Crippen LogP contribution in [0, 0.1) is 0 Å². The maximum atomic E-state index is 11.0. The number of H-pyrrole nitrogens is 4. The molecule has 19 nitrogen and oxygen atoms in total. The van der Waals surface area contributed by atoms with Gasteiger partial charge in [-0.05, 0) is 0 Å². The molecule has 5 aromatic rings. The van der Waals surface area contributed by atoms with Crippen molar-refractivity contribution in [1.82, 2.24) is 49.4 Å². The first kappa shape index (κ1) is 26.1. The summed E-state index contributed by atoms with van der Waals surface area (Å²) in [7, 11) is 0. The number of imidazole rings is 2. The molecular formula is C19H22N12O7. The lowest BCUT2D eigenvalue weighted by atomic mass is 10.1. The number of aromatic nitrogens is 10. The molecule has 1 aliphatic heterocycles. The van der Waals surface area contributed by atoms with Crippen LogP contribution in [0.1, 0.15) is 6.23 Å². The number of nitrogens with zero attached hydrogens (tertiary/aromatic N) is 6. The van der Waals surface area contributed by atoms with Gasteiger partial charge in [-0.3, -0.25) is 24.1 Å². The maximum Gasteiger partial charge on any atom is 0.325 e. The Morgan fingerprint density at radius 2 is 1.82 bits per heavy atom. The second-order valence-corrected chi connectivity index (χ2v) is 7.66. The molecule has 0 aliphatic carbocycles. The van der Waals surface area contributed by atoms with Crippen LogP contribution in [-0.2, 0) is 4.74 Å². The van der Waals surface area contributed by atoms with Gasteiger partial charge in [0.2, 0.25) is 5.95 Å². The van der Waals surface area contributed by atoms with Gasteiger partial charge in [-0.15, -0.1) is 0 Å². The summed E-state index contributed by atoms with van der Waals surface area (Å²) in [5, 5.41) is 28.7. The molecule has 0 amide bonds. The lowest BCUT2D eigenvalue weighted by Crippen LogP contribution is -2.33. The third-order valence-corrected chi connectivity index (χ3v) is 5.18. The number of hydrogen-bond donors (Lipinski definition) is 9. The predicted octanol–water partition coefficient (Wildman–Crippen LogP) is -3.69. The summed E-state index contributed by atoms with van der Waals surface area (Å²) < 4.78 is 6.85. The highest BCUT2D eigenvalue weighted by Crippen LogP contribution is 2.31. The molecule has 200 valence electrons. The summed E-state index contributed by atoms with van der Waals surface area (Å²) in [5.74, 6) is 0.296. The number of anilines is 2. The number of rotatable bonds is 2. The number of nitrogens with two attached hydrogens (primary N) is 2. The molecule has 0 saturated carbocycles. The Morgan fingerprint density at radius 1 is 1.03 bits per heavy atom. The Hall–Kier alpha value is -4.98. The molecule has 1 fully saturated rings. The number of aromatic amines is 4. The topological polar surface area (TPSA) is 306 Å². The van der Waals surface area contributed by atoms with Crippen molar-refractivity contribution < 1.29 is 20.1 Å². The van der Waals surface area contributed by atoms with Crippen LogP contribution in [0.25, 0.3) is 22.3 Å². The number of aliphatic hydroxyl groups excluding tert-OH is 3. The highest BCUT2D eigenvalue weighted by molar-refractivity contribution is 5.81. The van der Waals surface area contributed by atoms with Gasteiger partial charge in [-0.1, -0.05) is 0 Å². The van der Waals surface area contributed by atoms with Crippen LogP contribution >= 0.6 is 0 Å². The zero-order chi connectivity index (χ0) is 27.4. The molecule has 11 N–H and O–H groups in total. The van der Waals surface area contributed by atoms with Crippen LogP contribution in [0.2, 0.25) is 0 Å². The van der Waals surface area contributed by atoms with Crippen LogP contribution in [0.4, 0.5) is 11.8 Å². The van der Waals surface area contributed by atoms with Crippen molar-refractivity contribution in [1.29, 1.82) is 0 Å². The molecule has 1 aliphatic rings. The molecule has 38 heavy (non-hydrogen) atoms. The smallest absolute Gasteiger partial charge is 0.325 e. The zero-order valence-electron chi connectivity index (χ0n) is 19.2. The van der Waals surface area contributed by atoms with Gasteiger partial charge >= 0.3 is 5.69 Å². The highest BCUT2D eigenvalue weighted by atomic mass is 16.6. The van der Waals surface area contributed by atoms with Gasteiger partial charge in [0.05, 0.1) is 19.3 Å². The van der Waals surface area contributed by atoms with Crippen LogP contribution in [0.5, 0.6) is 0 Å². The van der Waals surface area contributed by atoms with E-state index in [4.69, 9.17) is 21.3 Å². The lowest BCUT2D eigenvalue weighted by molar-refractivity contribution is -0.0511. The molecule has 4 atom stereocenters. The average molecular weight is 530 g/mol. The van der Waals surface area contributed by atoms with E-state index < -0.39 is 36.8 Å². The summed E-state index contributed by atoms with van der Waals surface area (Å²) in [5.41, 5.74) is 11.2. The minimum Gasteiger partial charge on any atom is -0.394 e. The third-order valence-electron chi connectivity index (χ3n) is 5.18. The number of nitrogen functional groups attached to an aromatic ring is 2. The summed E-state index contributed by atoms with van der Waals surface area (Å²) in [6.45, 7) is -0.390.